The highest BCUT2D eigenvalue weighted by molar-refractivity contribution is 6.01. The summed E-state index contributed by atoms with van der Waals surface area (Å²) in [6.45, 7) is 9.59. The molecule has 4 rings (SSSR count). The molecule has 0 spiro atoms. The van der Waals surface area contributed by atoms with E-state index in [9.17, 15) is 4.79 Å². The lowest BCUT2D eigenvalue weighted by Crippen LogP contribution is -2.42. The van der Waals surface area contributed by atoms with Gasteiger partial charge < -0.3 is 26.1 Å². The molecule has 7 nitrogen and oxygen atoms in total. The van der Waals surface area contributed by atoms with Crippen LogP contribution in [0.25, 0.3) is 11.3 Å². The second kappa shape index (κ2) is 12.8. The molecule has 36 heavy (non-hydrogen) atoms. The Bertz CT molecular complexity index is 1200. The summed E-state index contributed by atoms with van der Waals surface area (Å²) in [5, 5.41) is 17.5. The highest BCUT2D eigenvalue weighted by Crippen LogP contribution is 2.30. The van der Waals surface area contributed by atoms with Gasteiger partial charge in [0, 0.05) is 59.5 Å². The number of benzene rings is 2. The van der Waals surface area contributed by atoms with Crippen molar-refractivity contribution in [2.24, 2.45) is 0 Å². The molecule has 0 bridgehead atoms. The fourth-order valence-electron chi connectivity index (χ4n) is 4.20. The molecule has 0 saturated carbocycles. The third-order valence-corrected chi connectivity index (χ3v) is 6.07. The Hall–Kier alpha value is -3.71. The number of hydrogen-bond acceptors (Lipinski definition) is 6. The van der Waals surface area contributed by atoms with Crippen LogP contribution in [0.2, 0.25) is 0 Å². The van der Waals surface area contributed by atoms with Crippen molar-refractivity contribution in [3.05, 3.63) is 71.4 Å². The molecule has 0 atom stereocenters. The lowest BCUT2D eigenvalue weighted by Gasteiger charge is -2.24. The molecule has 0 unspecified atom stereocenters. The van der Waals surface area contributed by atoms with Crippen molar-refractivity contribution < 1.29 is 9.53 Å². The first-order chi connectivity index (χ1) is 17.4. The van der Waals surface area contributed by atoms with E-state index in [4.69, 9.17) is 10.1 Å². The van der Waals surface area contributed by atoms with Crippen LogP contribution in [0.15, 0.2) is 54.7 Å². The lowest BCUT2D eigenvalue weighted by molar-refractivity contribution is 0.0929. The summed E-state index contributed by atoms with van der Waals surface area (Å²) in [6, 6.07) is 15.3. The zero-order valence-corrected chi connectivity index (χ0v) is 21.9. The van der Waals surface area contributed by atoms with E-state index in [-0.39, 0.29) is 11.9 Å². The highest BCUT2D eigenvalue weighted by atomic mass is 16.5. The number of aromatic nitrogens is 1. The summed E-state index contributed by atoms with van der Waals surface area (Å²) in [6.07, 6.45) is 3.63. The second-order valence-corrected chi connectivity index (χ2v) is 8.59. The van der Waals surface area contributed by atoms with Crippen molar-refractivity contribution >= 4 is 17.3 Å². The summed E-state index contributed by atoms with van der Waals surface area (Å²) in [5.41, 5.74) is 5.46. The van der Waals surface area contributed by atoms with Gasteiger partial charge in [-0.1, -0.05) is 19.9 Å². The summed E-state index contributed by atoms with van der Waals surface area (Å²) in [4.78, 5) is 17.3. The van der Waals surface area contributed by atoms with Crippen molar-refractivity contribution in [2.45, 2.75) is 46.6 Å². The zero-order chi connectivity index (χ0) is 26.1. The van der Waals surface area contributed by atoms with Gasteiger partial charge in [0.1, 0.15) is 11.5 Å². The predicted molar refractivity (Wildman–Crippen MR) is 148 cm³/mol. The molecule has 1 amide bonds. The van der Waals surface area contributed by atoms with Crippen LogP contribution in [-0.4, -0.2) is 42.8 Å². The number of anilines is 1. The van der Waals surface area contributed by atoms with Gasteiger partial charge in [0.15, 0.2) is 0 Å². The van der Waals surface area contributed by atoms with E-state index in [1.165, 1.54) is 0 Å². The predicted octanol–water partition coefficient (Wildman–Crippen LogP) is 5.79. The minimum Gasteiger partial charge on any atom is -0.457 e. The van der Waals surface area contributed by atoms with Gasteiger partial charge in [-0.15, -0.1) is 0 Å². The average molecular weight is 488 g/mol. The number of nitrogens with zero attached hydrogens (tertiary/aromatic N) is 1. The van der Waals surface area contributed by atoms with Crippen LogP contribution in [0.3, 0.4) is 0 Å². The van der Waals surface area contributed by atoms with Crippen LogP contribution in [0, 0.1) is 12.3 Å². The molecule has 2 heterocycles. The van der Waals surface area contributed by atoms with Crippen LogP contribution < -0.4 is 20.7 Å². The molecule has 0 radical (unpaired) electrons. The summed E-state index contributed by atoms with van der Waals surface area (Å²) in [7, 11) is 1.83. The maximum absolute atomic E-state index is 12.8. The van der Waals surface area contributed by atoms with Crippen LogP contribution in [0.5, 0.6) is 11.5 Å². The summed E-state index contributed by atoms with van der Waals surface area (Å²) < 4.78 is 6.07. The van der Waals surface area contributed by atoms with Gasteiger partial charge in [-0.25, -0.2) is 0 Å². The number of piperidine rings is 1. The molecule has 1 saturated heterocycles. The minimum atomic E-state index is -0.0232. The number of carbonyl (C=O) groups is 1. The molecule has 190 valence electrons. The Balaban J connectivity index is 0.00000176. The van der Waals surface area contributed by atoms with E-state index in [1.54, 1.807) is 13.1 Å². The Morgan fingerprint density at radius 3 is 2.39 bits per heavy atom. The van der Waals surface area contributed by atoms with Gasteiger partial charge in [0.05, 0.1) is 5.69 Å². The molecule has 4 N–H and O–H groups in total. The van der Waals surface area contributed by atoms with E-state index in [0.29, 0.717) is 22.8 Å². The Morgan fingerprint density at radius 2 is 1.72 bits per heavy atom. The first kappa shape index (κ1) is 26.9. The Kier molecular flexibility index (Phi) is 9.59. The fourth-order valence-corrected chi connectivity index (χ4v) is 4.20. The number of carbonyl (C=O) groups excluding carboxylic acids is 1. The summed E-state index contributed by atoms with van der Waals surface area (Å²) in [5.74, 6) is 1.31. The van der Waals surface area contributed by atoms with Gasteiger partial charge in [-0.3, -0.25) is 9.78 Å². The van der Waals surface area contributed by atoms with Crippen molar-refractivity contribution in [3.63, 3.8) is 0 Å². The van der Waals surface area contributed by atoms with Gasteiger partial charge >= 0.3 is 0 Å². The number of ether oxygens (including phenoxy) is 1. The number of amides is 1. The molecule has 1 fully saturated rings. The van der Waals surface area contributed by atoms with Crippen molar-refractivity contribution in [3.8, 4) is 22.8 Å². The quantitative estimate of drug-likeness (QED) is 0.316. The first-order valence-corrected chi connectivity index (χ1v) is 12.6. The number of rotatable bonds is 7. The largest absolute Gasteiger partial charge is 0.457 e. The van der Waals surface area contributed by atoms with Crippen molar-refractivity contribution in [1.82, 2.24) is 15.6 Å². The van der Waals surface area contributed by atoms with Gasteiger partial charge in [-0.2, -0.15) is 0 Å². The summed E-state index contributed by atoms with van der Waals surface area (Å²) >= 11 is 0. The van der Waals surface area contributed by atoms with Crippen molar-refractivity contribution in [2.75, 3.05) is 25.5 Å². The minimum absolute atomic E-state index is 0.0232. The molecule has 0 aliphatic carbocycles. The van der Waals surface area contributed by atoms with Gasteiger partial charge in [0.25, 0.3) is 5.91 Å². The van der Waals surface area contributed by atoms with E-state index in [1.807, 2.05) is 76.3 Å². The van der Waals surface area contributed by atoms with Crippen LogP contribution in [0.1, 0.15) is 55.1 Å². The second-order valence-electron chi connectivity index (χ2n) is 8.59. The molecule has 1 aliphatic heterocycles. The SMILES string of the molecule is CC.CNc1cc(Oc2ccnc(-c3ccc(C(=O)NC4CCNCC4)c(C)c3)c2)ccc1C(C)=N. The molecular weight excluding hydrogens is 450 g/mol. The van der Waals surface area contributed by atoms with Crippen LogP contribution >= 0.6 is 0 Å². The monoisotopic (exact) mass is 487 g/mol. The Morgan fingerprint density at radius 1 is 1.03 bits per heavy atom. The van der Waals surface area contributed by atoms with Crippen LogP contribution in [-0.2, 0) is 0 Å². The van der Waals surface area contributed by atoms with Crippen molar-refractivity contribution in [1.29, 1.82) is 5.41 Å². The van der Waals surface area contributed by atoms with E-state index >= 15 is 0 Å². The zero-order valence-electron chi connectivity index (χ0n) is 21.9. The fraction of sp³-hybridized carbons (Fsp3) is 0.345. The Labute approximate surface area is 214 Å². The lowest BCUT2D eigenvalue weighted by atomic mass is 10.0. The topological polar surface area (TPSA) is 99.1 Å². The third-order valence-electron chi connectivity index (χ3n) is 6.07. The van der Waals surface area contributed by atoms with E-state index < -0.39 is 0 Å². The van der Waals surface area contributed by atoms with Gasteiger partial charge in [-0.05, 0) is 75.7 Å². The number of aryl methyl sites for hydroxylation is 1. The third kappa shape index (κ3) is 6.70. The molecule has 2 aromatic carbocycles. The van der Waals surface area contributed by atoms with E-state index in [0.717, 1.165) is 54.0 Å². The first-order valence-electron chi connectivity index (χ1n) is 12.6. The molecule has 1 aliphatic rings. The normalized spacial score (nSPS) is 13.2. The molecule has 1 aromatic heterocycles. The average Bonchev–Trinajstić information content (AvgIpc) is 2.90. The standard InChI is InChI=1S/C27H31N5O2.C2H6/c1-17-14-19(4-6-23(17)27(33)32-20-8-11-30-12-9-20)25-15-22(10-13-31-25)34-21-5-7-24(18(2)28)26(16-21)29-3;1-2/h4-7,10,13-16,20,28-30H,8-9,11-12H2,1-3H3,(H,32,33);1-2H3. The molecule has 3 aromatic rings. The van der Waals surface area contributed by atoms with Crippen LogP contribution in [0.4, 0.5) is 5.69 Å². The molecular formula is C29H37N5O2. The van der Waals surface area contributed by atoms with Gasteiger partial charge in [0.2, 0.25) is 0 Å². The maximum Gasteiger partial charge on any atom is 0.251 e. The van der Waals surface area contributed by atoms with E-state index in [2.05, 4.69) is 20.9 Å². The molecule has 7 heteroatoms. The number of nitrogens with one attached hydrogen (secondary N) is 4. The number of pyridine rings is 1. The maximum atomic E-state index is 12.8. The number of hydrogen-bond donors (Lipinski definition) is 4. The smallest absolute Gasteiger partial charge is 0.251 e. The highest BCUT2D eigenvalue weighted by Gasteiger charge is 2.18.